The molecule has 0 saturated heterocycles. The quantitative estimate of drug-likeness (QED) is 0.812. The summed E-state index contributed by atoms with van der Waals surface area (Å²) in [5.74, 6) is 0. The number of hydrogen-bond acceptors (Lipinski definition) is 2. The zero-order chi connectivity index (χ0) is 10.5. The Morgan fingerprint density at radius 2 is 2.20 bits per heavy atom. The summed E-state index contributed by atoms with van der Waals surface area (Å²) in [6, 6.07) is 6.14. The van der Waals surface area contributed by atoms with Crippen LogP contribution in [-0.4, -0.2) is 10.7 Å². The lowest BCUT2D eigenvalue weighted by atomic mass is 10.0. The van der Waals surface area contributed by atoms with Gasteiger partial charge in [0.25, 0.3) is 0 Å². The summed E-state index contributed by atoms with van der Waals surface area (Å²) in [6.07, 6.45) is 4.34. The smallest absolute Gasteiger partial charge is 0.137 e. The summed E-state index contributed by atoms with van der Waals surface area (Å²) in [7, 11) is 0. The second-order valence-corrected chi connectivity index (χ2v) is 4.61. The molecule has 15 heavy (non-hydrogen) atoms. The van der Waals surface area contributed by atoms with Crippen LogP contribution in [0.3, 0.4) is 0 Å². The summed E-state index contributed by atoms with van der Waals surface area (Å²) in [5.41, 5.74) is 2.78. The van der Waals surface area contributed by atoms with Crippen LogP contribution in [0.1, 0.15) is 24.0 Å². The van der Waals surface area contributed by atoms with Crippen LogP contribution in [0.25, 0.3) is 11.0 Å². The van der Waals surface area contributed by atoms with Gasteiger partial charge in [-0.15, -0.1) is 0 Å². The van der Waals surface area contributed by atoms with Gasteiger partial charge < -0.3 is 9.52 Å². The van der Waals surface area contributed by atoms with Gasteiger partial charge in [0, 0.05) is 11.8 Å². The van der Waals surface area contributed by atoms with Crippen molar-refractivity contribution in [2.75, 3.05) is 0 Å². The average Bonchev–Trinajstić information content (AvgIpc) is 2.81. The van der Waals surface area contributed by atoms with E-state index in [0.717, 1.165) is 41.4 Å². The highest BCUT2D eigenvalue weighted by molar-refractivity contribution is 5.83. The Labute approximate surface area is 88.5 Å². The van der Waals surface area contributed by atoms with E-state index < -0.39 is 5.60 Å². The van der Waals surface area contributed by atoms with Crippen LogP contribution in [0.5, 0.6) is 0 Å². The van der Waals surface area contributed by atoms with Crippen LogP contribution in [0.4, 0.5) is 0 Å². The fourth-order valence-corrected chi connectivity index (χ4v) is 2.06. The molecular weight excluding hydrogens is 188 g/mol. The third kappa shape index (κ3) is 1.45. The van der Waals surface area contributed by atoms with E-state index in [2.05, 4.69) is 6.07 Å². The van der Waals surface area contributed by atoms with Crippen LogP contribution in [0.2, 0.25) is 0 Å². The van der Waals surface area contributed by atoms with E-state index in [4.69, 9.17) is 4.42 Å². The Kier molecular flexibility index (Phi) is 1.71. The summed E-state index contributed by atoms with van der Waals surface area (Å²) in [4.78, 5) is 0. The Morgan fingerprint density at radius 3 is 2.93 bits per heavy atom. The number of benzene rings is 1. The summed E-state index contributed by atoms with van der Waals surface area (Å²) in [5, 5.41) is 11.1. The highest BCUT2D eigenvalue weighted by atomic mass is 16.3. The topological polar surface area (TPSA) is 33.4 Å². The van der Waals surface area contributed by atoms with E-state index in [-0.39, 0.29) is 0 Å². The van der Waals surface area contributed by atoms with Crippen molar-refractivity contribution in [1.82, 2.24) is 0 Å². The molecule has 3 rings (SSSR count). The Balaban J connectivity index is 2.09. The third-order valence-electron chi connectivity index (χ3n) is 3.22. The van der Waals surface area contributed by atoms with Crippen LogP contribution < -0.4 is 0 Å². The standard InChI is InChI=1S/C13H14O2/c1-9-8-15-12-10(3-2-4-11(9)12)7-13(14)5-6-13/h2-4,8,14H,5-7H2,1H3. The molecule has 0 radical (unpaired) electrons. The maximum Gasteiger partial charge on any atom is 0.137 e. The molecule has 1 fully saturated rings. The fourth-order valence-electron chi connectivity index (χ4n) is 2.06. The summed E-state index contributed by atoms with van der Waals surface area (Å²) < 4.78 is 5.54. The highest BCUT2D eigenvalue weighted by Gasteiger charge is 2.40. The zero-order valence-corrected chi connectivity index (χ0v) is 8.79. The van der Waals surface area contributed by atoms with Gasteiger partial charge in [0.2, 0.25) is 0 Å². The minimum atomic E-state index is -0.449. The molecule has 0 bridgehead atoms. The molecular formula is C13H14O2. The zero-order valence-electron chi connectivity index (χ0n) is 8.79. The van der Waals surface area contributed by atoms with Gasteiger partial charge in [-0.05, 0) is 30.9 Å². The van der Waals surface area contributed by atoms with Gasteiger partial charge >= 0.3 is 0 Å². The first-order valence-corrected chi connectivity index (χ1v) is 5.36. The normalized spacial score (nSPS) is 18.3. The molecule has 1 heterocycles. The van der Waals surface area contributed by atoms with Gasteiger partial charge in [0.15, 0.2) is 0 Å². The van der Waals surface area contributed by atoms with Crippen LogP contribution >= 0.6 is 0 Å². The minimum absolute atomic E-state index is 0.449. The first-order chi connectivity index (χ1) is 7.18. The van der Waals surface area contributed by atoms with E-state index in [9.17, 15) is 5.11 Å². The van der Waals surface area contributed by atoms with Crippen LogP contribution in [0.15, 0.2) is 28.9 Å². The Hall–Kier alpha value is -1.28. The molecule has 0 atom stereocenters. The van der Waals surface area contributed by atoms with Gasteiger partial charge in [0.05, 0.1) is 11.9 Å². The maximum atomic E-state index is 9.91. The van der Waals surface area contributed by atoms with Gasteiger partial charge in [0.1, 0.15) is 5.58 Å². The van der Waals surface area contributed by atoms with Crippen molar-refractivity contribution < 1.29 is 9.52 Å². The lowest BCUT2D eigenvalue weighted by Gasteiger charge is -2.07. The van der Waals surface area contributed by atoms with Gasteiger partial charge in [-0.2, -0.15) is 0 Å². The number of hydrogen-bond donors (Lipinski definition) is 1. The first-order valence-electron chi connectivity index (χ1n) is 5.36. The maximum absolute atomic E-state index is 9.91. The molecule has 78 valence electrons. The van der Waals surface area contributed by atoms with Crippen molar-refractivity contribution >= 4 is 11.0 Å². The Morgan fingerprint density at radius 1 is 1.40 bits per heavy atom. The Bertz CT molecular complexity index is 506. The van der Waals surface area contributed by atoms with Crippen molar-refractivity contribution in [1.29, 1.82) is 0 Å². The molecule has 0 spiro atoms. The van der Waals surface area contributed by atoms with Crippen molar-refractivity contribution in [3.8, 4) is 0 Å². The molecule has 1 aliphatic carbocycles. The van der Waals surface area contributed by atoms with E-state index in [1.54, 1.807) is 6.26 Å². The number of aryl methyl sites for hydroxylation is 1. The van der Waals surface area contributed by atoms with Gasteiger partial charge in [-0.1, -0.05) is 18.2 Å². The van der Waals surface area contributed by atoms with E-state index in [0.29, 0.717) is 0 Å². The molecule has 0 aliphatic heterocycles. The summed E-state index contributed by atoms with van der Waals surface area (Å²) >= 11 is 0. The monoisotopic (exact) mass is 202 g/mol. The molecule has 2 aromatic rings. The van der Waals surface area contributed by atoms with E-state index in [1.165, 1.54) is 0 Å². The lowest BCUT2D eigenvalue weighted by Crippen LogP contribution is -2.10. The number of rotatable bonds is 2. The van der Waals surface area contributed by atoms with E-state index >= 15 is 0 Å². The van der Waals surface area contributed by atoms with Crippen LogP contribution in [0, 0.1) is 6.92 Å². The minimum Gasteiger partial charge on any atom is -0.464 e. The largest absolute Gasteiger partial charge is 0.464 e. The number of aliphatic hydroxyl groups is 1. The molecule has 1 aromatic heterocycles. The predicted octanol–water partition coefficient (Wildman–Crippen LogP) is 2.81. The number of fused-ring (bicyclic) bond motifs is 1. The summed E-state index contributed by atoms with van der Waals surface area (Å²) in [6.45, 7) is 2.04. The average molecular weight is 202 g/mol. The molecule has 1 aliphatic rings. The van der Waals surface area contributed by atoms with Crippen LogP contribution in [-0.2, 0) is 6.42 Å². The molecule has 1 N–H and O–H groups in total. The SMILES string of the molecule is Cc1coc2c(CC3(O)CC3)cccc12. The molecule has 1 aromatic carbocycles. The van der Waals surface area contributed by atoms with Crippen molar-refractivity contribution in [3.05, 3.63) is 35.6 Å². The van der Waals surface area contributed by atoms with Crippen molar-refractivity contribution in [3.63, 3.8) is 0 Å². The van der Waals surface area contributed by atoms with E-state index in [1.807, 2.05) is 19.1 Å². The number of furan rings is 1. The fraction of sp³-hybridized carbons (Fsp3) is 0.385. The molecule has 0 amide bonds. The van der Waals surface area contributed by atoms with Gasteiger partial charge in [-0.25, -0.2) is 0 Å². The molecule has 2 nitrogen and oxygen atoms in total. The lowest BCUT2D eigenvalue weighted by molar-refractivity contribution is 0.151. The molecule has 2 heteroatoms. The highest BCUT2D eigenvalue weighted by Crippen LogP contribution is 2.39. The number of para-hydroxylation sites is 1. The molecule has 1 saturated carbocycles. The first kappa shape index (κ1) is 8.98. The second-order valence-electron chi connectivity index (χ2n) is 4.61. The van der Waals surface area contributed by atoms with Gasteiger partial charge in [-0.3, -0.25) is 0 Å². The second kappa shape index (κ2) is 2.86. The predicted molar refractivity (Wildman–Crippen MR) is 58.8 cm³/mol. The van der Waals surface area contributed by atoms with Crippen molar-refractivity contribution in [2.45, 2.75) is 31.8 Å². The third-order valence-corrected chi connectivity index (χ3v) is 3.22. The van der Waals surface area contributed by atoms with Crippen molar-refractivity contribution in [2.24, 2.45) is 0 Å². The molecule has 0 unspecified atom stereocenters.